The van der Waals surface area contributed by atoms with Crippen LogP contribution in [0.1, 0.15) is 126 Å². The number of Topliss-reactive ketones (excluding diaryl/α,β-unsaturated/α-hetero) is 3. The average molecular weight is 1030 g/mol. The normalized spacial score (nSPS) is 43.2. The smallest absolute Gasteiger partial charge is 0.329 e. The van der Waals surface area contributed by atoms with Crippen molar-refractivity contribution >= 4 is 29.2 Å². The van der Waals surface area contributed by atoms with E-state index in [4.69, 9.17) is 33.2 Å². The van der Waals surface area contributed by atoms with Crippen LogP contribution >= 0.6 is 0 Å². The lowest BCUT2D eigenvalue weighted by molar-refractivity contribution is -0.266. The Balaban J connectivity index is 1.31. The lowest BCUT2D eigenvalue weighted by Gasteiger charge is -2.43. The van der Waals surface area contributed by atoms with Gasteiger partial charge in [0.2, 0.25) is 5.79 Å². The van der Waals surface area contributed by atoms with Crippen LogP contribution in [0.4, 0.5) is 0 Å². The molecule has 19 atom stereocenters. The number of hydrogen-bond donors (Lipinski definition) is 4. The number of aliphatic hydroxyl groups excluding tert-OH is 3. The number of piperidine rings is 1. The fourth-order valence-corrected chi connectivity index (χ4v) is 11.8. The van der Waals surface area contributed by atoms with Crippen molar-refractivity contribution in [2.45, 2.75) is 204 Å². The minimum Gasteiger partial charge on any atom is -0.460 e. The summed E-state index contributed by atoms with van der Waals surface area (Å²) in [6.07, 6.45) is 7.79. The van der Waals surface area contributed by atoms with Crippen LogP contribution in [-0.4, -0.2) is 168 Å². The molecule has 5 fully saturated rings. The fourth-order valence-electron chi connectivity index (χ4n) is 11.8. The Labute approximate surface area is 432 Å². The lowest BCUT2D eigenvalue weighted by atomic mass is 9.78. The second-order valence-corrected chi connectivity index (χ2v) is 22.2. The molecule has 1 unspecified atom stereocenters. The number of methoxy groups -OCH3 is 2. The molecular formula is C56H85NO16. The Kier molecular flexibility index (Phi) is 21.3. The van der Waals surface area contributed by atoms with E-state index in [0.717, 1.165) is 5.57 Å². The van der Waals surface area contributed by atoms with Gasteiger partial charge in [0.15, 0.2) is 5.78 Å². The first-order valence-corrected chi connectivity index (χ1v) is 26.9. The summed E-state index contributed by atoms with van der Waals surface area (Å²) < 4.78 is 42.2. The van der Waals surface area contributed by atoms with Gasteiger partial charge >= 0.3 is 5.97 Å². The summed E-state index contributed by atoms with van der Waals surface area (Å²) in [5.41, 5.74) is 1.16. The topological polar surface area (TPSA) is 234 Å². The van der Waals surface area contributed by atoms with Gasteiger partial charge in [-0.2, -0.15) is 0 Å². The molecular weight excluding hydrogens is 943 g/mol. The highest BCUT2D eigenvalue weighted by Crippen LogP contribution is 2.39. The standard InChI is InChI=1S/C56H85NO16/c1-31-15-11-10-12-16-32(2)44(71-47-30-70-50-43(60)29-69-51(47)50)27-39-20-18-37(7)56(66,73-39)53(63)54(64)57-22-14-13-17-40(57)55(65)72-45(34(4)25-38-19-21-41(58)46(26-38)67-8)28-42(59)33(3)24-36(6)49(62)52(68-9)48(61)35(5)23-31/h10-12,15-16,24,31,33-35,37-41,43-47,49-52,58,60,62,66H,13-14,17-23,25-30H2,1-9H3/b12-10+,15-11+,32-16+,36-24+/t31-,33-,34-,35-,37-,38+,39+,40+,41-,43+,44?,45+,46-,47-,49-,50-,51-,52+,56-/m1/s1. The molecule has 5 aliphatic heterocycles. The van der Waals surface area contributed by atoms with Crippen LogP contribution in [0, 0.1) is 35.5 Å². The van der Waals surface area contributed by atoms with Crippen LogP contribution in [0.15, 0.2) is 47.6 Å². The Morgan fingerprint density at radius 1 is 0.808 bits per heavy atom. The molecule has 1 aliphatic carbocycles. The SMILES string of the molecule is CO[C@@H]1C[C@H](C[C@@H](C)[C@@H]2CC(=O)[C@H](C)/C=C(\C)[C@@H](O)[C@@H](OC)C(=O)[C@H](C)C[C@H](C)/C=C/C=C/C=C(\C)C(O[C@@H]3CO[C@H]4[C@@H]3OC[C@@H]4O)C[C@@H]3CC[C@@H](C)[C@@](O)(O3)C(=O)C(=O)N3CCCC[C@H]3C(=O)O2)CC[C@H]1O. The molecule has 0 aromatic carbocycles. The van der Waals surface area contributed by atoms with E-state index in [0.29, 0.717) is 63.4 Å². The lowest BCUT2D eigenvalue weighted by Crippen LogP contribution is -2.61. The number of allylic oxidation sites excluding steroid dienone is 6. The zero-order valence-electron chi connectivity index (χ0n) is 44.6. The number of carbonyl (C=O) groups is 5. The summed E-state index contributed by atoms with van der Waals surface area (Å²) in [5.74, 6) is -8.41. The average Bonchev–Trinajstić information content (AvgIpc) is 3.95. The number of aliphatic hydroxyl groups is 4. The molecule has 0 aromatic rings. The minimum atomic E-state index is -2.52. The third-order valence-electron chi connectivity index (χ3n) is 16.5. The van der Waals surface area contributed by atoms with E-state index < -0.39 is 108 Å². The van der Waals surface area contributed by atoms with E-state index in [1.54, 1.807) is 40.9 Å². The van der Waals surface area contributed by atoms with Gasteiger partial charge in [0.05, 0.1) is 37.6 Å². The summed E-state index contributed by atoms with van der Waals surface area (Å²) in [4.78, 5) is 72.7. The van der Waals surface area contributed by atoms with Crippen LogP contribution < -0.4 is 0 Å². The molecule has 4 N–H and O–H groups in total. The highest BCUT2D eigenvalue weighted by molar-refractivity contribution is 6.39. The number of carbonyl (C=O) groups excluding carboxylic acids is 5. The van der Waals surface area contributed by atoms with Gasteiger partial charge in [-0.3, -0.25) is 19.2 Å². The summed E-state index contributed by atoms with van der Waals surface area (Å²) in [6, 6.07) is -1.18. The predicted molar refractivity (Wildman–Crippen MR) is 268 cm³/mol. The number of ketones is 3. The third-order valence-corrected chi connectivity index (χ3v) is 16.5. The van der Waals surface area contributed by atoms with Gasteiger partial charge in [-0.15, -0.1) is 0 Å². The van der Waals surface area contributed by atoms with Crippen molar-refractivity contribution in [2.24, 2.45) is 35.5 Å². The molecule has 17 heteroatoms. The third kappa shape index (κ3) is 14.5. The first-order valence-electron chi connectivity index (χ1n) is 26.9. The van der Waals surface area contributed by atoms with Crippen molar-refractivity contribution in [1.29, 1.82) is 0 Å². The number of rotatable bonds is 7. The molecule has 410 valence electrons. The van der Waals surface area contributed by atoms with E-state index in [1.807, 2.05) is 51.2 Å². The molecule has 2 bridgehead atoms. The summed E-state index contributed by atoms with van der Waals surface area (Å²) in [5, 5.41) is 44.7. The van der Waals surface area contributed by atoms with E-state index in [-0.39, 0.29) is 74.4 Å². The highest BCUT2D eigenvalue weighted by Gasteiger charge is 2.54. The maximum atomic E-state index is 14.5. The number of amides is 1. The molecule has 5 heterocycles. The molecule has 73 heavy (non-hydrogen) atoms. The maximum Gasteiger partial charge on any atom is 0.329 e. The van der Waals surface area contributed by atoms with E-state index in [9.17, 15) is 44.4 Å². The molecule has 17 nitrogen and oxygen atoms in total. The first-order chi connectivity index (χ1) is 34.7. The largest absolute Gasteiger partial charge is 0.460 e. The zero-order valence-corrected chi connectivity index (χ0v) is 44.6. The molecule has 0 spiro atoms. The maximum absolute atomic E-state index is 14.5. The molecule has 6 aliphatic rings. The van der Waals surface area contributed by atoms with Crippen LogP contribution in [-0.2, 0) is 57.1 Å². The van der Waals surface area contributed by atoms with Crippen LogP contribution in [0.3, 0.4) is 0 Å². The molecule has 6 rings (SSSR count). The van der Waals surface area contributed by atoms with Crippen molar-refractivity contribution in [1.82, 2.24) is 4.90 Å². The molecule has 4 saturated heterocycles. The molecule has 0 radical (unpaired) electrons. The second-order valence-electron chi connectivity index (χ2n) is 22.2. The molecule has 1 saturated carbocycles. The van der Waals surface area contributed by atoms with E-state index in [2.05, 4.69) is 0 Å². The van der Waals surface area contributed by atoms with Crippen molar-refractivity contribution in [2.75, 3.05) is 34.0 Å². The van der Waals surface area contributed by atoms with Gasteiger partial charge in [0, 0.05) is 51.4 Å². The van der Waals surface area contributed by atoms with Crippen molar-refractivity contribution in [3.63, 3.8) is 0 Å². The Morgan fingerprint density at radius 2 is 1.55 bits per heavy atom. The Morgan fingerprint density at radius 3 is 2.27 bits per heavy atom. The van der Waals surface area contributed by atoms with E-state index in [1.165, 1.54) is 12.0 Å². The number of ether oxygens (including phenoxy) is 7. The summed E-state index contributed by atoms with van der Waals surface area (Å²) in [6.45, 7) is 12.9. The van der Waals surface area contributed by atoms with Crippen LogP contribution in [0.5, 0.6) is 0 Å². The van der Waals surface area contributed by atoms with Gasteiger partial charge in [-0.05, 0) is 107 Å². The number of fused-ring (bicyclic) bond motifs is 4. The number of esters is 1. The molecule has 1 amide bonds. The molecule has 0 aromatic heterocycles. The van der Waals surface area contributed by atoms with E-state index >= 15 is 0 Å². The second kappa shape index (κ2) is 26.5. The van der Waals surface area contributed by atoms with Crippen molar-refractivity contribution in [3.8, 4) is 0 Å². The highest BCUT2D eigenvalue weighted by atomic mass is 16.6. The number of hydrogen-bond acceptors (Lipinski definition) is 16. The Hall–Kier alpha value is -3.49. The fraction of sp³-hybridized carbons (Fsp3) is 0.768. The van der Waals surface area contributed by atoms with Gasteiger partial charge in [0.1, 0.15) is 54.6 Å². The summed E-state index contributed by atoms with van der Waals surface area (Å²) >= 11 is 0. The van der Waals surface area contributed by atoms with Gasteiger partial charge in [0.25, 0.3) is 11.7 Å². The number of cyclic esters (lactones) is 1. The van der Waals surface area contributed by atoms with Gasteiger partial charge in [-0.1, -0.05) is 71.1 Å². The quantitative estimate of drug-likeness (QED) is 0.148. The summed E-state index contributed by atoms with van der Waals surface area (Å²) in [7, 11) is 2.93. The van der Waals surface area contributed by atoms with Gasteiger partial charge in [-0.25, -0.2) is 4.79 Å². The predicted octanol–water partition coefficient (Wildman–Crippen LogP) is 5.08. The first kappa shape index (κ1) is 58.8. The van der Waals surface area contributed by atoms with Crippen molar-refractivity contribution in [3.05, 3.63) is 47.6 Å². The van der Waals surface area contributed by atoms with Crippen LogP contribution in [0.25, 0.3) is 0 Å². The Bertz CT molecular complexity index is 2040. The monoisotopic (exact) mass is 1030 g/mol. The minimum absolute atomic E-state index is 0.0303. The number of nitrogens with zero attached hydrogens (tertiary/aromatic N) is 1. The van der Waals surface area contributed by atoms with Gasteiger partial charge < -0.3 is 58.5 Å². The van der Waals surface area contributed by atoms with Crippen LogP contribution in [0.2, 0.25) is 0 Å². The zero-order chi connectivity index (χ0) is 53.3. The van der Waals surface area contributed by atoms with Crippen molar-refractivity contribution < 1.29 is 77.6 Å².